The summed E-state index contributed by atoms with van der Waals surface area (Å²) in [6.07, 6.45) is 9.79. The summed E-state index contributed by atoms with van der Waals surface area (Å²) in [4.78, 5) is 8.36. The lowest BCUT2D eigenvalue weighted by Crippen LogP contribution is -2.03. The Labute approximate surface area is 97.6 Å². The first kappa shape index (κ1) is 17.6. The lowest BCUT2D eigenvalue weighted by atomic mass is 10.1. The fraction of sp³-hybridized carbons (Fsp3) is 1.00. The summed E-state index contributed by atoms with van der Waals surface area (Å²) in [7, 11) is 0. The topological polar surface area (TPSA) is 83.6 Å². The number of unbranched alkanes of at least 4 members (excludes halogenated alkanes) is 5. The van der Waals surface area contributed by atoms with Crippen LogP contribution in [0, 0.1) is 10.1 Å². The normalized spacial score (nSPS) is 11.4. The minimum Gasteiger partial charge on any atom is -0.393 e. The Bertz CT molecular complexity index is 149. The van der Waals surface area contributed by atoms with E-state index in [1.54, 1.807) is 0 Å². The smallest absolute Gasteiger partial charge is 0.291 e. The molecule has 0 aromatic rings. The van der Waals surface area contributed by atoms with Crippen LogP contribution in [-0.2, 0) is 0 Å². The largest absolute Gasteiger partial charge is 0.393 e. The van der Waals surface area contributed by atoms with E-state index in [9.17, 15) is 5.11 Å². The van der Waals surface area contributed by atoms with Gasteiger partial charge in [0.2, 0.25) is 0 Å². The Hall–Kier alpha value is -0.840. The molecule has 0 bridgehead atoms. The van der Waals surface area contributed by atoms with Crippen LogP contribution in [0.25, 0.3) is 0 Å². The molecule has 0 radical (unpaired) electrons. The summed E-state index contributed by atoms with van der Waals surface area (Å²) in [5, 5.41) is 22.9. The second kappa shape index (κ2) is 14.2. The van der Waals surface area contributed by atoms with Gasteiger partial charge in [0.15, 0.2) is 0 Å². The lowest BCUT2D eigenvalue weighted by molar-refractivity contribution is -0.742. The second-order valence-corrected chi connectivity index (χ2v) is 3.86. The molecule has 1 unspecified atom stereocenters. The zero-order chi connectivity index (χ0) is 12.8. The van der Waals surface area contributed by atoms with Gasteiger partial charge in [-0.15, -0.1) is 10.1 Å². The lowest BCUT2D eigenvalue weighted by Gasteiger charge is -2.06. The Balaban J connectivity index is 0. The van der Waals surface area contributed by atoms with Crippen molar-refractivity contribution in [1.29, 1.82) is 0 Å². The standard InChI is InChI=1S/C11H24O.HNO3/c1-3-5-6-7-8-9-10-11(12)4-2;2-1(3)4/h11-12H,3-10H2,1-2H3;(H,2,3,4). The van der Waals surface area contributed by atoms with Crippen LogP contribution >= 0.6 is 0 Å². The van der Waals surface area contributed by atoms with Crippen molar-refractivity contribution in [2.75, 3.05) is 0 Å². The summed E-state index contributed by atoms with van der Waals surface area (Å²) in [5.41, 5.74) is 0. The molecular weight excluding hydrogens is 210 g/mol. The first-order valence-electron chi connectivity index (χ1n) is 6.05. The van der Waals surface area contributed by atoms with Crippen molar-refractivity contribution in [2.45, 2.75) is 71.3 Å². The van der Waals surface area contributed by atoms with E-state index in [2.05, 4.69) is 6.92 Å². The number of hydrogen-bond acceptors (Lipinski definition) is 3. The Kier molecular flexibility index (Phi) is 15.5. The van der Waals surface area contributed by atoms with Crippen LogP contribution in [0.5, 0.6) is 0 Å². The van der Waals surface area contributed by atoms with Crippen molar-refractivity contribution in [3.63, 3.8) is 0 Å². The third-order valence-electron chi connectivity index (χ3n) is 2.36. The van der Waals surface area contributed by atoms with E-state index in [4.69, 9.17) is 15.3 Å². The molecule has 0 aromatic carbocycles. The Morgan fingerprint density at radius 2 is 1.56 bits per heavy atom. The quantitative estimate of drug-likeness (QED) is 0.384. The Morgan fingerprint density at radius 3 is 2.00 bits per heavy atom. The summed E-state index contributed by atoms with van der Waals surface area (Å²) < 4.78 is 0. The number of nitrogens with zero attached hydrogens (tertiary/aromatic N) is 1. The van der Waals surface area contributed by atoms with Gasteiger partial charge >= 0.3 is 0 Å². The van der Waals surface area contributed by atoms with Crippen LogP contribution in [-0.4, -0.2) is 21.5 Å². The van der Waals surface area contributed by atoms with E-state index < -0.39 is 5.09 Å². The molecule has 16 heavy (non-hydrogen) atoms. The molecule has 98 valence electrons. The highest BCUT2D eigenvalue weighted by Crippen LogP contribution is 2.09. The van der Waals surface area contributed by atoms with E-state index in [-0.39, 0.29) is 6.10 Å². The van der Waals surface area contributed by atoms with Crippen molar-refractivity contribution < 1.29 is 15.4 Å². The number of rotatable bonds is 8. The summed E-state index contributed by atoms with van der Waals surface area (Å²) in [6, 6.07) is 0. The van der Waals surface area contributed by atoms with Gasteiger partial charge in [-0.05, 0) is 12.8 Å². The van der Waals surface area contributed by atoms with Crippen molar-refractivity contribution in [1.82, 2.24) is 0 Å². The number of hydrogen-bond donors (Lipinski definition) is 2. The molecule has 0 aliphatic carbocycles. The molecule has 0 amide bonds. The highest BCUT2D eigenvalue weighted by Gasteiger charge is 1.98. The molecule has 0 fully saturated rings. The molecule has 5 heteroatoms. The van der Waals surface area contributed by atoms with Crippen LogP contribution in [0.2, 0.25) is 0 Å². The van der Waals surface area contributed by atoms with Crippen LogP contribution in [0.3, 0.4) is 0 Å². The SMILES string of the molecule is CCCCCCCCC(O)CC.O=[N+]([O-])O. The van der Waals surface area contributed by atoms with Crippen LogP contribution in [0.1, 0.15) is 65.2 Å². The molecule has 0 rings (SSSR count). The maximum Gasteiger partial charge on any atom is 0.291 e. The molecule has 0 aromatic heterocycles. The molecule has 0 heterocycles. The van der Waals surface area contributed by atoms with Gasteiger partial charge in [0.1, 0.15) is 0 Å². The predicted molar refractivity (Wildman–Crippen MR) is 63.1 cm³/mol. The van der Waals surface area contributed by atoms with Gasteiger partial charge in [-0.3, -0.25) is 0 Å². The monoisotopic (exact) mass is 235 g/mol. The first-order valence-corrected chi connectivity index (χ1v) is 6.05. The van der Waals surface area contributed by atoms with Gasteiger partial charge in [-0.2, -0.15) is 0 Å². The van der Waals surface area contributed by atoms with Crippen molar-refractivity contribution >= 4 is 0 Å². The summed E-state index contributed by atoms with van der Waals surface area (Å²) in [6.45, 7) is 4.28. The molecule has 2 N–H and O–H groups in total. The maximum absolute atomic E-state index is 9.26. The van der Waals surface area contributed by atoms with Crippen molar-refractivity contribution in [2.24, 2.45) is 0 Å². The van der Waals surface area contributed by atoms with Crippen LogP contribution < -0.4 is 0 Å². The van der Waals surface area contributed by atoms with Crippen LogP contribution in [0.15, 0.2) is 0 Å². The number of aliphatic hydroxyl groups excluding tert-OH is 1. The van der Waals surface area contributed by atoms with E-state index >= 15 is 0 Å². The van der Waals surface area contributed by atoms with Gasteiger partial charge in [0, 0.05) is 0 Å². The van der Waals surface area contributed by atoms with Gasteiger partial charge in [0.25, 0.3) is 5.09 Å². The summed E-state index contributed by atoms with van der Waals surface area (Å²) in [5.74, 6) is 0. The molecule has 1 atom stereocenters. The van der Waals surface area contributed by atoms with E-state index in [1.165, 1.54) is 38.5 Å². The fourth-order valence-electron chi connectivity index (χ4n) is 1.36. The van der Waals surface area contributed by atoms with Gasteiger partial charge in [0.05, 0.1) is 6.10 Å². The molecular formula is C11H25NO4. The zero-order valence-corrected chi connectivity index (χ0v) is 10.4. The highest BCUT2D eigenvalue weighted by molar-refractivity contribution is 4.52. The second-order valence-electron chi connectivity index (χ2n) is 3.86. The minimum atomic E-state index is -1.50. The van der Waals surface area contributed by atoms with Crippen LogP contribution in [0.4, 0.5) is 0 Å². The average Bonchev–Trinajstić information content (AvgIpc) is 2.22. The molecule has 0 aliphatic rings. The molecule has 0 saturated carbocycles. The molecule has 5 nitrogen and oxygen atoms in total. The predicted octanol–water partition coefficient (Wildman–Crippen LogP) is 3.16. The minimum absolute atomic E-state index is 0.0452. The number of aliphatic hydroxyl groups is 1. The zero-order valence-electron chi connectivity index (χ0n) is 10.4. The molecule has 0 spiro atoms. The van der Waals surface area contributed by atoms with E-state index in [1.807, 2.05) is 6.92 Å². The van der Waals surface area contributed by atoms with Gasteiger partial charge in [-0.25, -0.2) is 0 Å². The van der Waals surface area contributed by atoms with Gasteiger partial charge < -0.3 is 10.3 Å². The fourth-order valence-corrected chi connectivity index (χ4v) is 1.36. The molecule has 0 aliphatic heterocycles. The highest BCUT2D eigenvalue weighted by atomic mass is 16.9. The van der Waals surface area contributed by atoms with Gasteiger partial charge in [-0.1, -0.05) is 52.4 Å². The third-order valence-corrected chi connectivity index (χ3v) is 2.36. The summed E-state index contributed by atoms with van der Waals surface area (Å²) >= 11 is 0. The average molecular weight is 235 g/mol. The maximum atomic E-state index is 9.26. The van der Waals surface area contributed by atoms with E-state index in [0.717, 1.165) is 12.8 Å². The van der Waals surface area contributed by atoms with Crippen molar-refractivity contribution in [3.05, 3.63) is 10.1 Å². The van der Waals surface area contributed by atoms with Crippen molar-refractivity contribution in [3.8, 4) is 0 Å². The third kappa shape index (κ3) is 23.2. The first-order chi connectivity index (χ1) is 7.54. The van der Waals surface area contributed by atoms with E-state index in [0.29, 0.717) is 0 Å². The Morgan fingerprint density at radius 1 is 1.12 bits per heavy atom. The molecule has 0 saturated heterocycles.